The molecule has 8 aliphatic rings. The van der Waals surface area contributed by atoms with Gasteiger partial charge in [0.2, 0.25) is 0 Å². The van der Waals surface area contributed by atoms with Gasteiger partial charge in [-0.1, -0.05) is 32.4 Å². The summed E-state index contributed by atoms with van der Waals surface area (Å²) < 4.78 is 47.2. The number of hydrogen-bond acceptors (Lipinski definition) is 22. The van der Waals surface area contributed by atoms with Gasteiger partial charge in [-0.2, -0.15) is 0 Å². The van der Waals surface area contributed by atoms with Crippen molar-refractivity contribution < 1.29 is 109 Å². The predicted molar refractivity (Wildman–Crippen MR) is 244 cm³/mol. The van der Waals surface area contributed by atoms with Crippen molar-refractivity contribution in [2.75, 3.05) is 26.4 Å². The fraction of sp³-hybridized carbons (Fsp3) is 0.880. The van der Waals surface area contributed by atoms with Crippen molar-refractivity contribution in [2.24, 2.45) is 34.5 Å². The molecule has 0 spiro atoms. The van der Waals surface area contributed by atoms with Crippen LogP contribution in [0.5, 0.6) is 0 Å². The highest BCUT2D eigenvalue weighted by atomic mass is 16.8. The lowest BCUT2D eigenvalue weighted by molar-refractivity contribution is -0.385. The zero-order valence-electron chi connectivity index (χ0n) is 41.6. The molecule has 410 valence electrons. The molecule has 0 bridgehead atoms. The van der Waals surface area contributed by atoms with Crippen molar-refractivity contribution in [2.45, 2.75) is 215 Å². The number of ketones is 2. The quantitative estimate of drug-likeness (QED) is 0.0609. The first-order valence-corrected chi connectivity index (χ1v) is 25.7. The first-order chi connectivity index (χ1) is 34.0. The Kier molecular flexibility index (Phi) is 17.6. The van der Waals surface area contributed by atoms with E-state index in [0.29, 0.717) is 49.7 Å². The van der Waals surface area contributed by atoms with Gasteiger partial charge in [-0.15, -0.1) is 0 Å². The van der Waals surface area contributed by atoms with E-state index in [-0.39, 0.29) is 53.7 Å². The Morgan fingerprint density at radius 2 is 1.35 bits per heavy atom. The van der Waals surface area contributed by atoms with E-state index in [4.69, 9.17) is 37.9 Å². The van der Waals surface area contributed by atoms with Gasteiger partial charge >= 0.3 is 0 Å². The van der Waals surface area contributed by atoms with Crippen LogP contribution in [0.15, 0.2) is 22.8 Å². The second-order valence-corrected chi connectivity index (χ2v) is 22.3. The summed E-state index contributed by atoms with van der Waals surface area (Å²) in [4.78, 5) is 27.9. The zero-order chi connectivity index (χ0) is 52.3. The van der Waals surface area contributed by atoms with E-state index in [1.54, 1.807) is 6.92 Å². The van der Waals surface area contributed by atoms with Gasteiger partial charge in [0, 0.05) is 18.4 Å². The summed E-state index contributed by atoms with van der Waals surface area (Å²) in [5.74, 6) is 0.119. The summed E-state index contributed by atoms with van der Waals surface area (Å²) in [6.07, 6.45) is -21.6. The number of Topliss-reactive ketones (excluding diaryl/α,β-unsaturated/α-hetero) is 2. The van der Waals surface area contributed by atoms with Crippen LogP contribution in [0.25, 0.3) is 0 Å². The van der Waals surface area contributed by atoms with Crippen LogP contribution in [0.3, 0.4) is 0 Å². The number of aliphatic hydroxyl groups excluding tert-OH is 12. The molecule has 0 aromatic rings. The summed E-state index contributed by atoms with van der Waals surface area (Å²) in [5.41, 5.74) is 1.52. The molecule has 72 heavy (non-hydrogen) atoms. The highest BCUT2D eigenvalue weighted by Crippen LogP contribution is 2.66. The summed E-state index contributed by atoms with van der Waals surface area (Å²) in [7, 11) is 0. The van der Waals surface area contributed by atoms with Crippen LogP contribution < -0.4 is 0 Å². The fourth-order valence-electron chi connectivity index (χ4n) is 13.2. The molecule has 12 N–H and O–H groups in total. The minimum Gasteiger partial charge on any atom is -0.394 e. The van der Waals surface area contributed by atoms with Crippen molar-refractivity contribution >= 4 is 11.6 Å². The SMILES string of the molecule is C/C(C(=O)CC[C@@H](C)CO[C@@H]1O[C@H](CO)[C@@H](O)[C@H](O)[C@H]1O)=C1/C(=O)C[C@H]2[C@@H]3CC=C4C[C@@H](O[C@@H]5O[C@H](CO)[C@@H](O[C@@H]6OC[C@H](O)[C@H](O)[C@H]6O)[C@H](O)[C@H]5O[C@@H]5O[C@@H](C)[C@H](O)[C@@H](O)[C@H]5O)CC[C@]4(C)[C@H]3CC[C@]12C. The third kappa shape index (κ3) is 10.6. The molecule has 0 amide bonds. The minimum absolute atomic E-state index is 0.00423. The molecule has 22 heteroatoms. The molecule has 4 saturated heterocycles. The first-order valence-electron chi connectivity index (χ1n) is 25.7. The maximum atomic E-state index is 14.1. The van der Waals surface area contributed by atoms with Crippen molar-refractivity contribution in [1.29, 1.82) is 0 Å². The fourth-order valence-corrected chi connectivity index (χ4v) is 13.2. The van der Waals surface area contributed by atoms with Gasteiger partial charge in [0.15, 0.2) is 36.7 Å². The van der Waals surface area contributed by atoms with E-state index < -0.39 is 148 Å². The number of carbonyl (C=O) groups is 2. The van der Waals surface area contributed by atoms with Crippen LogP contribution in [0.4, 0.5) is 0 Å². The summed E-state index contributed by atoms with van der Waals surface area (Å²) >= 11 is 0. The Hall–Kier alpha value is -1.98. The second-order valence-electron chi connectivity index (χ2n) is 22.3. The number of rotatable bonds is 15. The molecule has 4 heterocycles. The molecule has 4 aliphatic carbocycles. The van der Waals surface area contributed by atoms with Crippen LogP contribution in [0.2, 0.25) is 0 Å². The maximum absolute atomic E-state index is 14.1. The van der Waals surface area contributed by atoms with Crippen molar-refractivity contribution in [3.05, 3.63) is 22.8 Å². The molecule has 7 fully saturated rings. The Morgan fingerprint density at radius 3 is 2.06 bits per heavy atom. The van der Waals surface area contributed by atoms with E-state index in [9.17, 15) is 70.9 Å². The van der Waals surface area contributed by atoms with Gasteiger partial charge in [-0.05, 0) is 98.9 Å². The van der Waals surface area contributed by atoms with Crippen molar-refractivity contribution in [1.82, 2.24) is 0 Å². The third-order valence-corrected chi connectivity index (χ3v) is 17.7. The van der Waals surface area contributed by atoms with E-state index in [0.717, 1.165) is 12.8 Å². The van der Waals surface area contributed by atoms with Gasteiger partial charge in [-0.3, -0.25) is 9.59 Å². The molecular weight excluding hydrogens is 953 g/mol. The third-order valence-electron chi connectivity index (χ3n) is 17.7. The molecular formula is C50H78O22. The van der Waals surface area contributed by atoms with Crippen molar-refractivity contribution in [3.8, 4) is 0 Å². The summed E-state index contributed by atoms with van der Waals surface area (Å²) in [5, 5.41) is 125. The van der Waals surface area contributed by atoms with Gasteiger partial charge in [0.25, 0.3) is 0 Å². The van der Waals surface area contributed by atoms with Crippen LogP contribution >= 0.6 is 0 Å². The van der Waals surface area contributed by atoms with Gasteiger partial charge in [-0.25, -0.2) is 0 Å². The Labute approximate surface area is 418 Å². The number of fused-ring (bicyclic) bond motifs is 5. The largest absolute Gasteiger partial charge is 0.394 e. The first kappa shape index (κ1) is 56.2. The minimum atomic E-state index is -1.77. The molecule has 0 aromatic heterocycles. The molecule has 0 unspecified atom stereocenters. The normalized spacial score (nSPS) is 49.8. The lowest BCUT2D eigenvalue weighted by atomic mass is 9.47. The van der Waals surface area contributed by atoms with Crippen LogP contribution in [-0.2, 0) is 47.5 Å². The Balaban J connectivity index is 0.928. The standard InChI is InChI=1S/C50H78O22/c1-20(18-65-45-40(62)38(60)36(58)31(16-51)69-45)6-9-28(53)21(2)33-29(54)15-27-25-8-7-23-14-24(10-12-49(23,4)26(25)11-13-50(27,33)5)68-48-44(72-47-41(63)37(59)34(56)22(3)67-47)42(64)43(32(17-52)70-48)71-46-39(61)35(57)30(55)19-66-46/h7,20,22,24-27,30-32,34-48,51-52,55-64H,6,8-19H2,1-5H3/b33-21+/t20-,22+,24+,25-,26+,27+,30+,31-,32-,34+,35+,36-,37-,38+,39-,40-,41-,42+,43-,44-,45-,46+,47+,48-,49+,50+/m1/s1. The maximum Gasteiger partial charge on any atom is 0.187 e. The van der Waals surface area contributed by atoms with Crippen LogP contribution in [0.1, 0.15) is 92.4 Å². The molecule has 22 nitrogen and oxygen atoms in total. The van der Waals surface area contributed by atoms with E-state index in [1.165, 1.54) is 12.5 Å². The van der Waals surface area contributed by atoms with Crippen molar-refractivity contribution in [3.63, 3.8) is 0 Å². The van der Waals surface area contributed by atoms with Gasteiger partial charge in [0.05, 0.1) is 38.6 Å². The lowest BCUT2D eigenvalue weighted by Crippen LogP contribution is -2.66. The molecule has 0 radical (unpaired) electrons. The van der Waals surface area contributed by atoms with Crippen LogP contribution in [-0.4, -0.2) is 222 Å². The topological polar surface area (TPSA) is 351 Å². The zero-order valence-corrected chi connectivity index (χ0v) is 41.6. The monoisotopic (exact) mass is 1030 g/mol. The molecule has 8 rings (SSSR count). The number of allylic oxidation sites excluding steroid dienone is 3. The number of carbonyl (C=O) groups excluding carboxylic acids is 2. The van der Waals surface area contributed by atoms with E-state index >= 15 is 0 Å². The smallest absolute Gasteiger partial charge is 0.187 e. The Morgan fingerprint density at radius 1 is 0.708 bits per heavy atom. The molecule has 0 aromatic carbocycles. The van der Waals surface area contributed by atoms with E-state index in [1.807, 2.05) is 6.92 Å². The second kappa shape index (κ2) is 22.5. The molecule has 26 atom stereocenters. The van der Waals surface area contributed by atoms with Crippen LogP contribution in [0, 0.1) is 34.5 Å². The number of hydrogen-bond donors (Lipinski definition) is 12. The van der Waals surface area contributed by atoms with E-state index in [2.05, 4.69) is 19.9 Å². The highest BCUT2D eigenvalue weighted by molar-refractivity contribution is 6.08. The lowest BCUT2D eigenvalue weighted by Gasteiger charge is -2.57. The molecule has 3 saturated carbocycles. The average Bonchev–Trinajstić information content (AvgIpc) is 3.63. The predicted octanol–water partition coefficient (Wildman–Crippen LogP) is -2.25. The summed E-state index contributed by atoms with van der Waals surface area (Å²) in [6, 6.07) is 0. The van der Waals surface area contributed by atoms with Gasteiger partial charge < -0.3 is 99.2 Å². The number of aliphatic hydroxyl groups is 12. The number of ether oxygens (including phenoxy) is 8. The average molecular weight is 1030 g/mol. The molecule has 4 aliphatic heterocycles. The van der Waals surface area contributed by atoms with Gasteiger partial charge in [0.1, 0.15) is 85.5 Å². The summed E-state index contributed by atoms with van der Waals surface area (Å²) in [6.45, 7) is 7.85. The Bertz CT molecular complexity index is 1970. The highest BCUT2D eigenvalue weighted by Gasteiger charge is 2.61.